The molecule has 0 aliphatic carbocycles. The summed E-state index contributed by atoms with van der Waals surface area (Å²) in [5.41, 5.74) is 0. The Bertz CT molecular complexity index is 136. The van der Waals surface area contributed by atoms with Gasteiger partial charge in [0.15, 0.2) is 0 Å². The van der Waals surface area contributed by atoms with E-state index in [1.807, 2.05) is 0 Å². The second-order valence-electron chi connectivity index (χ2n) is 5.35. The normalized spacial score (nSPS) is 18.4. The van der Waals surface area contributed by atoms with E-state index in [1.54, 1.807) is 0 Å². The van der Waals surface area contributed by atoms with Crippen LogP contribution in [0.25, 0.3) is 0 Å². The minimum absolute atomic E-state index is 0.818. The molecule has 1 rings (SSSR count). The average Bonchev–Trinajstić information content (AvgIpc) is 2.23. The highest BCUT2D eigenvalue weighted by Crippen LogP contribution is 2.02. The smallest absolute Gasteiger partial charge is 0.0110 e. The summed E-state index contributed by atoms with van der Waals surface area (Å²) in [7, 11) is 2.20. The zero-order valence-corrected chi connectivity index (χ0v) is 12.1. The van der Waals surface area contributed by atoms with Crippen molar-refractivity contribution in [2.45, 2.75) is 47.0 Å². The molecule has 98 valence electrons. The lowest BCUT2D eigenvalue weighted by atomic mass is 10.2. The van der Waals surface area contributed by atoms with Gasteiger partial charge in [-0.1, -0.05) is 47.0 Å². The van der Waals surface area contributed by atoms with E-state index in [2.05, 4.69) is 44.5 Å². The molecule has 1 saturated heterocycles. The standard InChI is InChI=1S/C9H20N2.C5H12/c1-9(2)8-11-6-4-10(3)5-7-11;1-3-5-4-2/h9H,4-8H2,1-3H3;3-5H2,1-2H3. The van der Waals surface area contributed by atoms with Crippen LogP contribution in [0.5, 0.6) is 0 Å². The van der Waals surface area contributed by atoms with Gasteiger partial charge in [0, 0.05) is 32.7 Å². The van der Waals surface area contributed by atoms with Crippen LogP contribution in [0, 0.1) is 5.92 Å². The van der Waals surface area contributed by atoms with E-state index in [0.717, 1.165) is 5.92 Å². The van der Waals surface area contributed by atoms with Gasteiger partial charge in [-0.2, -0.15) is 0 Å². The van der Waals surface area contributed by atoms with Gasteiger partial charge in [-0.15, -0.1) is 0 Å². The van der Waals surface area contributed by atoms with Crippen molar-refractivity contribution < 1.29 is 0 Å². The van der Waals surface area contributed by atoms with Crippen molar-refractivity contribution in [1.82, 2.24) is 9.80 Å². The maximum Gasteiger partial charge on any atom is 0.0110 e. The van der Waals surface area contributed by atoms with Crippen LogP contribution in [0.3, 0.4) is 0 Å². The third-order valence-corrected chi connectivity index (χ3v) is 2.93. The molecule has 1 heterocycles. The molecule has 0 bridgehead atoms. The number of hydrogen-bond acceptors (Lipinski definition) is 2. The van der Waals surface area contributed by atoms with Crippen LogP contribution in [0.15, 0.2) is 0 Å². The Morgan fingerprint density at radius 1 is 0.938 bits per heavy atom. The summed E-state index contributed by atoms with van der Waals surface area (Å²) < 4.78 is 0. The van der Waals surface area contributed by atoms with Gasteiger partial charge < -0.3 is 9.80 Å². The SMILES string of the molecule is CC(C)CN1CCN(C)CC1.CCCCC. The van der Waals surface area contributed by atoms with E-state index in [9.17, 15) is 0 Å². The number of nitrogens with zero attached hydrogens (tertiary/aromatic N) is 2. The lowest BCUT2D eigenvalue weighted by Gasteiger charge is -2.33. The summed E-state index contributed by atoms with van der Waals surface area (Å²) in [6, 6.07) is 0. The monoisotopic (exact) mass is 228 g/mol. The summed E-state index contributed by atoms with van der Waals surface area (Å²) in [6.45, 7) is 15.3. The van der Waals surface area contributed by atoms with Crippen LogP contribution in [-0.4, -0.2) is 49.6 Å². The molecule has 2 heteroatoms. The van der Waals surface area contributed by atoms with Gasteiger partial charge >= 0.3 is 0 Å². The fourth-order valence-electron chi connectivity index (χ4n) is 1.90. The molecule has 16 heavy (non-hydrogen) atoms. The molecule has 0 N–H and O–H groups in total. The molecule has 0 saturated carbocycles. The topological polar surface area (TPSA) is 6.48 Å². The lowest BCUT2D eigenvalue weighted by molar-refractivity contribution is 0.141. The first kappa shape index (κ1) is 15.9. The van der Waals surface area contributed by atoms with E-state index < -0.39 is 0 Å². The average molecular weight is 228 g/mol. The molecule has 0 atom stereocenters. The second kappa shape index (κ2) is 10.1. The molecule has 0 aromatic heterocycles. The van der Waals surface area contributed by atoms with Crippen molar-refractivity contribution in [3.63, 3.8) is 0 Å². The molecule has 0 aromatic rings. The van der Waals surface area contributed by atoms with Crippen molar-refractivity contribution in [3.05, 3.63) is 0 Å². The largest absolute Gasteiger partial charge is 0.304 e. The van der Waals surface area contributed by atoms with Gasteiger partial charge in [0.05, 0.1) is 0 Å². The first-order valence-corrected chi connectivity index (χ1v) is 7.01. The van der Waals surface area contributed by atoms with Crippen LogP contribution < -0.4 is 0 Å². The summed E-state index contributed by atoms with van der Waals surface area (Å²) >= 11 is 0. The van der Waals surface area contributed by atoms with E-state index in [4.69, 9.17) is 0 Å². The van der Waals surface area contributed by atoms with Gasteiger partial charge in [-0.25, -0.2) is 0 Å². The highest BCUT2D eigenvalue weighted by Gasteiger charge is 2.13. The number of piperazine rings is 1. The molecular weight excluding hydrogens is 196 g/mol. The van der Waals surface area contributed by atoms with E-state index in [1.165, 1.54) is 52.0 Å². The van der Waals surface area contributed by atoms with Crippen LogP contribution in [-0.2, 0) is 0 Å². The van der Waals surface area contributed by atoms with E-state index in [-0.39, 0.29) is 0 Å². The van der Waals surface area contributed by atoms with Gasteiger partial charge in [0.25, 0.3) is 0 Å². The number of hydrogen-bond donors (Lipinski definition) is 0. The zero-order chi connectivity index (χ0) is 12.4. The summed E-state index contributed by atoms with van der Waals surface area (Å²) in [5.74, 6) is 0.818. The Labute approximate surface area is 103 Å². The van der Waals surface area contributed by atoms with Crippen LogP contribution in [0.4, 0.5) is 0 Å². The Morgan fingerprint density at radius 3 is 1.75 bits per heavy atom. The highest BCUT2D eigenvalue weighted by molar-refractivity contribution is 4.69. The fourth-order valence-corrected chi connectivity index (χ4v) is 1.90. The summed E-state index contributed by atoms with van der Waals surface area (Å²) in [4.78, 5) is 4.96. The zero-order valence-electron chi connectivity index (χ0n) is 12.1. The first-order chi connectivity index (χ1) is 7.60. The summed E-state index contributed by atoms with van der Waals surface area (Å²) in [5, 5.41) is 0. The van der Waals surface area contributed by atoms with Crippen molar-refractivity contribution >= 4 is 0 Å². The Morgan fingerprint density at radius 2 is 1.44 bits per heavy atom. The minimum Gasteiger partial charge on any atom is -0.304 e. The van der Waals surface area contributed by atoms with Crippen molar-refractivity contribution in [2.24, 2.45) is 5.92 Å². The maximum atomic E-state index is 2.56. The van der Waals surface area contributed by atoms with Gasteiger partial charge in [-0.3, -0.25) is 0 Å². The lowest BCUT2D eigenvalue weighted by Crippen LogP contribution is -2.45. The first-order valence-electron chi connectivity index (χ1n) is 7.01. The van der Waals surface area contributed by atoms with E-state index >= 15 is 0 Å². The fraction of sp³-hybridized carbons (Fsp3) is 1.00. The predicted molar refractivity (Wildman–Crippen MR) is 74.0 cm³/mol. The third kappa shape index (κ3) is 9.17. The number of rotatable bonds is 4. The Balaban J connectivity index is 0.000000385. The van der Waals surface area contributed by atoms with Crippen LogP contribution in [0.1, 0.15) is 47.0 Å². The predicted octanol–water partition coefficient (Wildman–Crippen LogP) is 3.09. The minimum atomic E-state index is 0.818. The highest BCUT2D eigenvalue weighted by atomic mass is 15.2. The third-order valence-electron chi connectivity index (χ3n) is 2.93. The molecule has 0 unspecified atom stereocenters. The molecule has 0 spiro atoms. The second-order valence-corrected chi connectivity index (χ2v) is 5.35. The number of likely N-dealkylation sites (N-methyl/N-ethyl adjacent to an activating group) is 1. The van der Waals surface area contributed by atoms with Gasteiger partial charge in [-0.05, 0) is 13.0 Å². The van der Waals surface area contributed by atoms with E-state index in [0.29, 0.717) is 0 Å². The molecule has 1 aliphatic heterocycles. The molecule has 0 amide bonds. The quantitative estimate of drug-likeness (QED) is 0.729. The molecule has 1 fully saturated rings. The van der Waals surface area contributed by atoms with Gasteiger partial charge in [0.2, 0.25) is 0 Å². The Hall–Kier alpha value is -0.0800. The molecule has 0 radical (unpaired) electrons. The number of unbranched alkanes of at least 4 members (excludes halogenated alkanes) is 2. The van der Waals surface area contributed by atoms with Crippen molar-refractivity contribution in [2.75, 3.05) is 39.8 Å². The van der Waals surface area contributed by atoms with Crippen LogP contribution >= 0.6 is 0 Å². The molecule has 1 aliphatic rings. The van der Waals surface area contributed by atoms with Crippen molar-refractivity contribution in [1.29, 1.82) is 0 Å². The molecule has 0 aromatic carbocycles. The Kier molecular flexibility index (Phi) is 10.0. The van der Waals surface area contributed by atoms with Crippen LogP contribution in [0.2, 0.25) is 0 Å². The molecular formula is C14H32N2. The van der Waals surface area contributed by atoms with Crippen molar-refractivity contribution in [3.8, 4) is 0 Å². The maximum absolute atomic E-state index is 2.56. The molecule has 2 nitrogen and oxygen atoms in total. The van der Waals surface area contributed by atoms with Gasteiger partial charge in [0.1, 0.15) is 0 Å². The summed E-state index contributed by atoms with van der Waals surface area (Å²) in [6.07, 6.45) is 4.08.